The molecule has 1 N–H and O–H groups in total. The van der Waals surface area contributed by atoms with Crippen molar-refractivity contribution >= 4 is 32.2 Å². The lowest BCUT2D eigenvalue weighted by molar-refractivity contribution is 0.194. The molecule has 2 aromatic carbocycles. The molecule has 0 unspecified atom stereocenters. The van der Waals surface area contributed by atoms with Gasteiger partial charge >= 0.3 is 0 Å². The first-order valence-electron chi connectivity index (χ1n) is 12.6. The Morgan fingerprint density at radius 2 is 2.08 bits per heavy atom. The summed E-state index contributed by atoms with van der Waals surface area (Å²) in [6.45, 7) is 3.97. The minimum Gasteiger partial charge on any atom is -0.497 e. The second-order valence-corrected chi connectivity index (χ2v) is 12.5. The molecule has 1 aromatic heterocycles. The van der Waals surface area contributed by atoms with Gasteiger partial charge in [0, 0.05) is 37.4 Å². The lowest BCUT2D eigenvalue weighted by Gasteiger charge is -2.43. The van der Waals surface area contributed by atoms with Crippen LogP contribution in [0.25, 0.3) is 0 Å². The molecule has 2 aliphatic rings. The van der Waals surface area contributed by atoms with Crippen molar-refractivity contribution in [3.05, 3.63) is 64.9 Å². The summed E-state index contributed by atoms with van der Waals surface area (Å²) in [5.41, 5.74) is 2.65. The number of hydrogen-bond donors (Lipinski definition) is 1. The zero-order chi connectivity index (χ0) is 26.2. The Morgan fingerprint density at radius 1 is 1.30 bits per heavy atom. The molecule has 0 radical (unpaired) electrons. The number of sulfonamides is 1. The fraction of sp³-hybridized carbons (Fsp3) is 0.444. The second-order valence-electron chi connectivity index (χ2n) is 9.92. The summed E-state index contributed by atoms with van der Waals surface area (Å²) < 4.78 is 49.0. The van der Waals surface area contributed by atoms with E-state index < -0.39 is 15.8 Å². The van der Waals surface area contributed by atoms with E-state index in [2.05, 4.69) is 31.6 Å². The van der Waals surface area contributed by atoms with Gasteiger partial charge in [-0.1, -0.05) is 19.1 Å². The van der Waals surface area contributed by atoms with E-state index in [0.29, 0.717) is 12.3 Å². The van der Waals surface area contributed by atoms with E-state index in [1.807, 2.05) is 26.1 Å². The van der Waals surface area contributed by atoms with E-state index >= 15 is 4.39 Å². The minimum atomic E-state index is -4.09. The SMILES string of the molecule is CCc1cc(S(=O)(=O)Nc2nccs2)c(F)cc1N(C)[C@@]12CCCN1C[C@@H](Cc1ccc(OC)cc1)C2. The number of benzene rings is 2. The van der Waals surface area contributed by atoms with Gasteiger partial charge in [0.25, 0.3) is 10.0 Å². The molecule has 0 amide bonds. The van der Waals surface area contributed by atoms with Crippen LogP contribution in [0.4, 0.5) is 15.2 Å². The van der Waals surface area contributed by atoms with Gasteiger partial charge in [0.1, 0.15) is 16.5 Å². The van der Waals surface area contributed by atoms with Gasteiger partial charge in [-0.25, -0.2) is 17.8 Å². The maximum absolute atomic E-state index is 15.4. The van der Waals surface area contributed by atoms with Crippen molar-refractivity contribution in [3.63, 3.8) is 0 Å². The van der Waals surface area contributed by atoms with E-state index in [1.165, 1.54) is 23.9 Å². The first-order chi connectivity index (χ1) is 17.8. The summed E-state index contributed by atoms with van der Waals surface area (Å²) in [6.07, 6.45) is 6.14. The van der Waals surface area contributed by atoms with Crippen molar-refractivity contribution in [2.24, 2.45) is 5.92 Å². The Hall–Kier alpha value is -2.69. The number of anilines is 2. The van der Waals surface area contributed by atoms with Crippen LogP contribution in [0.3, 0.4) is 0 Å². The highest BCUT2D eigenvalue weighted by molar-refractivity contribution is 7.93. The smallest absolute Gasteiger partial charge is 0.266 e. The van der Waals surface area contributed by atoms with Gasteiger partial charge in [-0.05, 0) is 73.4 Å². The molecule has 0 aliphatic carbocycles. The van der Waals surface area contributed by atoms with Gasteiger partial charge < -0.3 is 9.64 Å². The van der Waals surface area contributed by atoms with Gasteiger partial charge in [0.05, 0.1) is 12.8 Å². The van der Waals surface area contributed by atoms with Crippen LogP contribution >= 0.6 is 11.3 Å². The van der Waals surface area contributed by atoms with Crippen LogP contribution in [0.2, 0.25) is 0 Å². The molecule has 10 heteroatoms. The van der Waals surface area contributed by atoms with Crippen LogP contribution in [-0.2, 0) is 22.9 Å². The van der Waals surface area contributed by atoms with Gasteiger partial charge in [-0.2, -0.15) is 0 Å². The third kappa shape index (κ3) is 4.94. The average Bonchev–Trinajstić information content (AvgIpc) is 3.60. The number of nitrogens with one attached hydrogen (secondary N) is 1. The number of halogens is 1. The molecule has 0 bridgehead atoms. The number of methoxy groups -OCH3 is 1. The third-order valence-electron chi connectivity index (χ3n) is 7.81. The summed E-state index contributed by atoms with van der Waals surface area (Å²) in [4.78, 5) is 8.36. The van der Waals surface area contributed by atoms with Crippen molar-refractivity contribution < 1.29 is 17.5 Å². The van der Waals surface area contributed by atoms with Gasteiger partial charge in [-0.3, -0.25) is 9.62 Å². The summed E-state index contributed by atoms with van der Waals surface area (Å²) in [5, 5.41) is 1.88. The van der Waals surface area contributed by atoms with Crippen LogP contribution < -0.4 is 14.4 Å². The number of aromatic nitrogens is 1. The molecular weight excluding hydrogens is 511 g/mol. The van der Waals surface area contributed by atoms with Gasteiger partial charge in [0.15, 0.2) is 5.13 Å². The van der Waals surface area contributed by atoms with E-state index in [4.69, 9.17) is 4.74 Å². The Bertz CT molecular complexity index is 1350. The fourth-order valence-electron chi connectivity index (χ4n) is 6.05. The molecule has 2 atom stereocenters. The Balaban J connectivity index is 1.41. The predicted molar refractivity (Wildman–Crippen MR) is 145 cm³/mol. The summed E-state index contributed by atoms with van der Waals surface area (Å²) in [7, 11) is -0.385. The second kappa shape index (κ2) is 10.2. The summed E-state index contributed by atoms with van der Waals surface area (Å²) >= 11 is 1.15. The Labute approximate surface area is 222 Å². The minimum absolute atomic E-state index is 0.201. The predicted octanol–water partition coefficient (Wildman–Crippen LogP) is 5.14. The maximum Gasteiger partial charge on any atom is 0.266 e. The first kappa shape index (κ1) is 25.9. The van der Waals surface area contributed by atoms with Crippen LogP contribution in [-0.4, -0.2) is 51.2 Å². The molecule has 5 rings (SSSR count). The third-order valence-corrected chi connectivity index (χ3v) is 9.99. The molecule has 3 aromatic rings. The highest BCUT2D eigenvalue weighted by atomic mass is 32.2. The van der Waals surface area contributed by atoms with Crippen LogP contribution in [0.5, 0.6) is 5.75 Å². The highest BCUT2D eigenvalue weighted by Crippen LogP contribution is 2.47. The lowest BCUT2D eigenvalue weighted by atomic mass is 9.91. The molecule has 0 saturated carbocycles. The Kier molecular flexibility index (Phi) is 7.17. The summed E-state index contributed by atoms with van der Waals surface area (Å²) in [6, 6.07) is 11.1. The van der Waals surface area contributed by atoms with Gasteiger partial charge in [0.2, 0.25) is 0 Å². The van der Waals surface area contributed by atoms with Crippen molar-refractivity contribution in [1.82, 2.24) is 9.88 Å². The lowest BCUT2D eigenvalue weighted by Crippen LogP contribution is -2.52. The van der Waals surface area contributed by atoms with Gasteiger partial charge in [-0.15, -0.1) is 11.3 Å². The molecule has 198 valence electrons. The summed E-state index contributed by atoms with van der Waals surface area (Å²) in [5.74, 6) is 0.582. The topological polar surface area (TPSA) is 74.8 Å². The molecule has 0 spiro atoms. The highest BCUT2D eigenvalue weighted by Gasteiger charge is 2.51. The number of rotatable bonds is 9. The normalized spacial score (nSPS) is 21.7. The number of thiazole rings is 1. The Morgan fingerprint density at radius 3 is 2.76 bits per heavy atom. The molecule has 2 aliphatic heterocycles. The van der Waals surface area contributed by atoms with Crippen molar-refractivity contribution in [3.8, 4) is 5.75 Å². The fourth-order valence-corrected chi connectivity index (χ4v) is 7.95. The zero-order valence-electron chi connectivity index (χ0n) is 21.4. The van der Waals surface area contributed by atoms with Crippen LogP contribution in [0.15, 0.2) is 52.9 Å². The zero-order valence-corrected chi connectivity index (χ0v) is 23.0. The quantitative estimate of drug-likeness (QED) is 0.402. The van der Waals surface area contributed by atoms with Crippen molar-refractivity contribution in [1.29, 1.82) is 0 Å². The van der Waals surface area contributed by atoms with E-state index in [0.717, 1.165) is 67.1 Å². The molecule has 7 nitrogen and oxygen atoms in total. The average molecular weight is 545 g/mol. The van der Waals surface area contributed by atoms with Crippen molar-refractivity contribution in [2.45, 2.75) is 49.6 Å². The van der Waals surface area contributed by atoms with E-state index in [9.17, 15) is 8.42 Å². The number of ether oxygens (including phenoxy) is 1. The monoisotopic (exact) mass is 544 g/mol. The van der Waals surface area contributed by atoms with E-state index in [1.54, 1.807) is 12.5 Å². The molecular formula is C27H33FN4O3S2. The number of hydrogen-bond acceptors (Lipinski definition) is 7. The standard InChI is InChI=1S/C27H33FN4O3S2/c1-4-21-15-25(37(33,34)30-26-29-11-13-36-26)23(28)16-24(21)31(2)27-10-5-12-32(27)18-20(17-27)14-19-6-8-22(35-3)9-7-19/h6-9,11,13,15-16,20H,4-5,10,12,14,17-18H2,1-3H3,(H,29,30)/t20-,27-/m0/s1. The van der Waals surface area contributed by atoms with Crippen LogP contribution in [0.1, 0.15) is 37.3 Å². The molecule has 3 heterocycles. The number of aryl methyl sites for hydroxylation is 1. The van der Waals surface area contributed by atoms with Crippen LogP contribution in [0, 0.1) is 11.7 Å². The molecule has 2 saturated heterocycles. The van der Waals surface area contributed by atoms with Crippen molar-refractivity contribution in [2.75, 3.05) is 36.9 Å². The maximum atomic E-state index is 15.4. The molecule has 37 heavy (non-hydrogen) atoms. The molecule has 2 fully saturated rings. The number of fused-ring (bicyclic) bond motifs is 1. The number of nitrogens with zero attached hydrogens (tertiary/aromatic N) is 3. The largest absolute Gasteiger partial charge is 0.497 e. The van der Waals surface area contributed by atoms with E-state index in [-0.39, 0.29) is 15.7 Å². The first-order valence-corrected chi connectivity index (χ1v) is 15.0.